The molecule has 0 fully saturated rings. The molecule has 0 heterocycles. The van der Waals surface area contributed by atoms with Crippen molar-refractivity contribution in [1.82, 2.24) is 4.90 Å². The second-order valence-electron chi connectivity index (χ2n) is 5.47. The van der Waals surface area contributed by atoms with Crippen molar-refractivity contribution in [2.24, 2.45) is 0 Å². The van der Waals surface area contributed by atoms with Crippen LogP contribution >= 0.6 is 15.9 Å². The molecule has 0 radical (unpaired) electrons. The van der Waals surface area contributed by atoms with Gasteiger partial charge in [-0.05, 0) is 50.1 Å². The Kier molecular flexibility index (Phi) is 4.84. The molecular formula is C18H20BrNO. The second kappa shape index (κ2) is 6.44. The molecule has 0 spiro atoms. The Hall–Kier alpha value is -1.61. The summed E-state index contributed by atoms with van der Waals surface area (Å²) in [7, 11) is 1.85. The van der Waals surface area contributed by atoms with Crippen molar-refractivity contribution in [1.29, 1.82) is 0 Å². The molecule has 0 aromatic heterocycles. The van der Waals surface area contributed by atoms with Gasteiger partial charge < -0.3 is 4.90 Å². The lowest BCUT2D eigenvalue weighted by Gasteiger charge is -2.25. The second-order valence-corrected chi connectivity index (χ2v) is 6.32. The molecule has 0 saturated heterocycles. The first-order chi connectivity index (χ1) is 9.90. The number of aryl methyl sites for hydroxylation is 2. The molecule has 2 aromatic rings. The van der Waals surface area contributed by atoms with E-state index in [0.717, 1.165) is 21.2 Å². The maximum Gasteiger partial charge on any atom is 0.254 e. The Morgan fingerprint density at radius 2 is 1.71 bits per heavy atom. The van der Waals surface area contributed by atoms with Gasteiger partial charge in [-0.1, -0.05) is 45.8 Å². The third-order valence-corrected chi connectivity index (χ3v) is 4.76. The number of rotatable bonds is 3. The van der Waals surface area contributed by atoms with Gasteiger partial charge in [-0.15, -0.1) is 0 Å². The maximum atomic E-state index is 12.6. The predicted molar refractivity (Wildman–Crippen MR) is 90.6 cm³/mol. The van der Waals surface area contributed by atoms with Crippen LogP contribution in [0.3, 0.4) is 0 Å². The Morgan fingerprint density at radius 1 is 1.10 bits per heavy atom. The quantitative estimate of drug-likeness (QED) is 0.774. The van der Waals surface area contributed by atoms with Gasteiger partial charge in [0.25, 0.3) is 5.91 Å². The van der Waals surface area contributed by atoms with E-state index in [0.29, 0.717) is 0 Å². The highest BCUT2D eigenvalue weighted by molar-refractivity contribution is 9.10. The van der Waals surface area contributed by atoms with Crippen LogP contribution in [0.2, 0.25) is 0 Å². The van der Waals surface area contributed by atoms with E-state index in [4.69, 9.17) is 0 Å². The highest BCUT2D eigenvalue weighted by Gasteiger charge is 2.19. The third-order valence-electron chi connectivity index (χ3n) is 3.87. The van der Waals surface area contributed by atoms with Crippen LogP contribution in [0.25, 0.3) is 0 Å². The summed E-state index contributed by atoms with van der Waals surface area (Å²) < 4.78 is 1.02. The average Bonchev–Trinajstić information content (AvgIpc) is 2.48. The van der Waals surface area contributed by atoms with Crippen LogP contribution in [0.4, 0.5) is 0 Å². The fraction of sp³-hybridized carbons (Fsp3) is 0.278. The van der Waals surface area contributed by atoms with Crippen molar-refractivity contribution in [2.75, 3.05) is 7.05 Å². The van der Waals surface area contributed by atoms with Crippen LogP contribution in [0.1, 0.15) is 40.0 Å². The van der Waals surface area contributed by atoms with Gasteiger partial charge in [0.15, 0.2) is 0 Å². The first kappa shape index (κ1) is 15.8. The van der Waals surface area contributed by atoms with E-state index < -0.39 is 0 Å². The summed E-state index contributed by atoms with van der Waals surface area (Å²) in [4.78, 5) is 14.4. The van der Waals surface area contributed by atoms with Crippen molar-refractivity contribution in [3.63, 3.8) is 0 Å². The summed E-state index contributed by atoms with van der Waals surface area (Å²) in [6, 6.07) is 14.1. The fourth-order valence-electron chi connectivity index (χ4n) is 2.23. The molecule has 0 bridgehead atoms. The average molecular weight is 346 g/mol. The van der Waals surface area contributed by atoms with Crippen molar-refractivity contribution in [2.45, 2.75) is 26.8 Å². The van der Waals surface area contributed by atoms with Crippen molar-refractivity contribution >= 4 is 21.8 Å². The maximum absolute atomic E-state index is 12.6. The minimum atomic E-state index is 0.0404. The third kappa shape index (κ3) is 3.53. The molecule has 2 aromatic carbocycles. The first-order valence-electron chi connectivity index (χ1n) is 7.00. The molecule has 0 N–H and O–H groups in total. The molecule has 1 amide bonds. The van der Waals surface area contributed by atoms with Gasteiger partial charge >= 0.3 is 0 Å². The van der Waals surface area contributed by atoms with Gasteiger partial charge in [0.1, 0.15) is 0 Å². The molecule has 0 aliphatic heterocycles. The molecule has 3 heteroatoms. The number of hydrogen-bond acceptors (Lipinski definition) is 1. The van der Waals surface area contributed by atoms with Gasteiger partial charge in [-0.25, -0.2) is 0 Å². The summed E-state index contributed by atoms with van der Waals surface area (Å²) in [5.74, 6) is 0.0404. The van der Waals surface area contributed by atoms with Crippen molar-refractivity contribution in [3.05, 3.63) is 69.2 Å². The Balaban J connectivity index is 2.21. The van der Waals surface area contributed by atoms with Crippen LogP contribution in [-0.2, 0) is 0 Å². The van der Waals surface area contributed by atoms with Crippen molar-refractivity contribution in [3.8, 4) is 0 Å². The molecule has 1 atom stereocenters. The lowest BCUT2D eigenvalue weighted by molar-refractivity contribution is 0.0742. The topological polar surface area (TPSA) is 20.3 Å². The first-order valence-corrected chi connectivity index (χ1v) is 7.79. The van der Waals surface area contributed by atoms with E-state index in [1.54, 1.807) is 4.90 Å². The van der Waals surface area contributed by atoms with E-state index in [1.807, 2.05) is 39.1 Å². The number of nitrogens with zero attached hydrogens (tertiary/aromatic N) is 1. The van der Waals surface area contributed by atoms with E-state index in [1.165, 1.54) is 5.56 Å². The summed E-state index contributed by atoms with van der Waals surface area (Å²) >= 11 is 3.46. The van der Waals surface area contributed by atoms with Crippen LogP contribution < -0.4 is 0 Å². The van der Waals surface area contributed by atoms with E-state index >= 15 is 0 Å². The number of carbonyl (C=O) groups excluding carboxylic acids is 1. The van der Waals surface area contributed by atoms with Crippen molar-refractivity contribution < 1.29 is 4.79 Å². The summed E-state index contributed by atoms with van der Waals surface area (Å²) in [6.07, 6.45) is 0. The standard InChI is InChI=1S/C18H20BrNO/c1-12-5-7-15(8-6-12)14(3)20(4)18(21)16-9-10-17(19)13(2)11-16/h5-11,14H,1-4H3. The number of carbonyl (C=O) groups is 1. The smallest absolute Gasteiger partial charge is 0.254 e. The normalized spacial score (nSPS) is 12.0. The highest BCUT2D eigenvalue weighted by Crippen LogP contribution is 2.23. The lowest BCUT2D eigenvalue weighted by Crippen LogP contribution is -2.29. The zero-order valence-electron chi connectivity index (χ0n) is 12.9. The largest absolute Gasteiger partial charge is 0.335 e. The molecule has 110 valence electrons. The number of amides is 1. The number of halogens is 1. The summed E-state index contributed by atoms with van der Waals surface area (Å²) in [6.45, 7) is 6.10. The summed E-state index contributed by atoms with van der Waals surface area (Å²) in [5, 5.41) is 0. The fourth-order valence-corrected chi connectivity index (χ4v) is 2.47. The molecule has 0 aliphatic carbocycles. The Labute approximate surface area is 134 Å². The molecular weight excluding hydrogens is 326 g/mol. The van der Waals surface area contributed by atoms with Crippen LogP contribution in [0, 0.1) is 13.8 Å². The van der Waals surface area contributed by atoms with Gasteiger partial charge in [0.05, 0.1) is 6.04 Å². The SMILES string of the molecule is Cc1ccc(C(C)N(C)C(=O)c2ccc(Br)c(C)c2)cc1. The highest BCUT2D eigenvalue weighted by atomic mass is 79.9. The van der Waals surface area contributed by atoms with E-state index in [9.17, 15) is 4.79 Å². The van der Waals surface area contributed by atoms with Crippen LogP contribution in [0.5, 0.6) is 0 Å². The molecule has 0 aliphatic rings. The minimum Gasteiger partial charge on any atom is -0.335 e. The lowest BCUT2D eigenvalue weighted by atomic mass is 10.0. The molecule has 1 unspecified atom stereocenters. The summed E-state index contributed by atoms with van der Waals surface area (Å²) in [5.41, 5.74) is 4.16. The zero-order chi connectivity index (χ0) is 15.6. The number of hydrogen-bond donors (Lipinski definition) is 0. The van der Waals surface area contributed by atoms with E-state index in [-0.39, 0.29) is 11.9 Å². The monoisotopic (exact) mass is 345 g/mol. The molecule has 2 nitrogen and oxygen atoms in total. The Morgan fingerprint density at radius 3 is 2.29 bits per heavy atom. The van der Waals surface area contributed by atoms with Crippen LogP contribution in [-0.4, -0.2) is 17.9 Å². The van der Waals surface area contributed by atoms with Gasteiger partial charge in [0, 0.05) is 17.1 Å². The molecule has 21 heavy (non-hydrogen) atoms. The molecule has 2 rings (SSSR count). The predicted octanol–water partition coefficient (Wildman–Crippen LogP) is 4.90. The van der Waals surface area contributed by atoms with Crippen LogP contribution in [0.15, 0.2) is 46.9 Å². The molecule has 0 saturated carbocycles. The van der Waals surface area contributed by atoms with E-state index in [2.05, 4.69) is 47.1 Å². The van der Waals surface area contributed by atoms with Gasteiger partial charge in [-0.2, -0.15) is 0 Å². The van der Waals surface area contributed by atoms with Gasteiger partial charge in [0.2, 0.25) is 0 Å². The number of benzene rings is 2. The Bertz CT molecular complexity index is 649. The van der Waals surface area contributed by atoms with Gasteiger partial charge in [-0.3, -0.25) is 4.79 Å². The minimum absolute atomic E-state index is 0.0404. The zero-order valence-corrected chi connectivity index (χ0v) is 14.4.